The van der Waals surface area contributed by atoms with E-state index in [1.807, 2.05) is 0 Å². The first-order valence-electron chi connectivity index (χ1n) is 6.96. The summed E-state index contributed by atoms with van der Waals surface area (Å²) in [6.45, 7) is 2.15. The van der Waals surface area contributed by atoms with Crippen molar-refractivity contribution in [3.05, 3.63) is 35.4 Å². The van der Waals surface area contributed by atoms with Crippen LogP contribution in [0.2, 0.25) is 0 Å². The van der Waals surface area contributed by atoms with Gasteiger partial charge in [0.2, 0.25) is 0 Å². The maximum Gasteiger partial charge on any atom is 0.0397 e. The van der Waals surface area contributed by atoms with Crippen molar-refractivity contribution in [3.8, 4) is 0 Å². The highest BCUT2D eigenvalue weighted by molar-refractivity contribution is 9.09. The Labute approximate surface area is 114 Å². The van der Waals surface area contributed by atoms with Crippen LogP contribution in [0.5, 0.6) is 0 Å². The highest BCUT2D eigenvalue weighted by Gasteiger charge is 2.17. The average molecular weight is 295 g/mol. The number of benzene rings is 1. The average Bonchev–Trinajstić information content (AvgIpc) is 2.58. The summed E-state index contributed by atoms with van der Waals surface area (Å²) in [6, 6.07) is 8.98. The lowest BCUT2D eigenvalue weighted by molar-refractivity contribution is 0.427. The van der Waals surface area contributed by atoms with Gasteiger partial charge in [-0.2, -0.15) is 0 Å². The molecule has 0 spiro atoms. The molecule has 1 atom stereocenters. The van der Waals surface area contributed by atoms with E-state index in [-0.39, 0.29) is 0 Å². The molecule has 1 aromatic rings. The lowest BCUT2D eigenvalue weighted by Gasteiger charge is -2.18. The van der Waals surface area contributed by atoms with Gasteiger partial charge < -0.3 is 0 Å². The van der Waals surface area contributed by atoms with Crippen molar-refractivity contribution < 1.29 is 0 Å². The molecule has 0 N–H and O–H groups in total. The Bertz CT molecular complexity index is 320. The van der Waals surface area contributed by atoms with Crippen molar-refractivity contribution in [3.63, 3.8) is 0 Å². The predicted octanol–water partition coefficient (Wildman–Crippen LogP) is 5.79. The van der Waals surface area contributed by atoms with Gasteiger partial charge in [-0.1, -0.05) is 84.3 Å². The number of halogens is 1. The fourth-order valence-corrected chi connectivity index (χ4v) is 3.64. The summed E-state index contributed by atoms with van der Waals surface area (Å²) in [5.74, 6) is 0.933. The van der Waals surface area contributed by atoms with E-state index in [0.29, 0.717) is 4.83 Å². The number of hydrogen-bond acceptors (Lipinski definition) is 0. The third kappa shape index (κ3) is 4.13. The lowest BCUT2D eigenvalue weighted by atomic mass is 9.92. The molecule has 1 aliphatic rings. The van der Waals surface area contributed by atoms with Gasteiger partial charge in [0.25, 0.3) is 0 Å². The van der Waals surface area contributed by atoms with Crippen LogP contribution in [-0.4, -0.2) is 0 Å². The second-order valence-electron chi connectivity index (χ2n) is 5.47. The largest absolute Gasteiger partial charge is 0.0839 e. The Kier molecular flexibility index (Phi) is 5.09. The van der Waals surface area contributed by atoms with Crippen molar-refractivity contribution in [1.82, 2.24) is 0 Å². The van der Waals surface area contributed by atoms with Crippen LogP contribution < -0.4 is 0 Å². The molecule has 1 fully saturated rings. The van der Waals surface area contributed by atoms with Gasteiger partial charge in [-0.15, -0.1) is 0 Å². The summed E-state index contributed by atoms with van der Waals surface area (Å²) in [4.78, 5) is 0.547. The molecule has 1 heteroatoms. The van der Waals surface area contributed by atoms with Crippen LogP contribution in [0.25, 0.3) is 0 Å². The van der Waals surface area contributed by atoms with E-state index in [4.69, 9.17) is 0 Å². The second kappa shape index (κ2) is 6.58. The maximum atomic E-state index is 3.87. The molecular weight excluding hydrogens is 272 g/mol. The van der Waals surface area contributed by atoms with Gasteiger partial charge in [-0.25, -0.2) is 0 Å². The molecule has 1 aliphatic carbocycles. The minimum absolute atomic E-state index is 0.547. The Morgan fingerprint density at radius 3 is 2.24 bits per heavy atom. The highest BCUT2D eigenvalue weighted by atomic mass is 79.9. The van der Waals surface area contributed by atoms with Crippen LogP contribution in [0, 0.1) is 12.8 Å². The van der Waals surface area contributed by atoms with Crippen LogP contribution in [0.1, 0.15) is 60.9 Å². The Balaban J connectivity index is 1.91. The molecule has 0 radical (unpaired) electrons. The molecule has 0 amide bonds. The molecule has 0 saturated heterocycles. The van der Waals surface area contributed by atoms with E-state index in [9.17, 15) is 0 Å². The first-order chi connectivity index (χ1) is 8.25. The van der Waals surface area contributed by atoms with Gasteiger partial charge >= 0.3 is 0 Å². The topological polar surface area (TPSA) is 0 Å². The standard InChI is InChI=1S/C16H23Br/c1-13-8-10-15(11-9-13)16(17)12-14-6-4-2-3-5-7-14/h8-11,14,16H,2-7,12H2,1H3. The van der Waals surface area contributed by atoms with Crippen molar-refractivity contribution in [2.24, 2.45) is 5.92 Å². The van der Waals surface area contributed by atoms with E-state index in [2.05, 4.69) is 47.1 Å². The molecule has 0 nitrogen and oxygen atoms in total. The SMILES string of the molecule is Cc1ccc(C(Br)CC2CCCCCC2)cc1. The normalized spacial score (nSPS) is 19.9. The molecule has 0 bridgehead atoms. The van der Waals surface area contributed by atoms with Gasteiger partial charge in [0.15, 0.2) is 0 Å². The fourth-order valence-electron chi connectivity index (χ4n) is 2.80. The molecule has 0 aromatic heterocycles. The summed E-state index contributed by atoms with van der Waals surface area (Å²) in [7, 11) is 0. The van der Waals surface area contributed by atoms with Crippen molar-refractivity contribution >= 4 is 15.9 Å². The number of alkyl halides is 1. The Morgan fingerprint density at radius 2 is 1.65 bits per heavy atom. The highest BCUT2D eigenvalue weighted by Crippen LogP contribution is 2.35. The third-order valence-electron chi connectivity index (χ3n) is 3.95. The van der Waals surface area contributed by atoms with Crippen molar-refractivity contribution in [1.29, 1.82) is 0 Å². The molecule has 1 unspecified atom stereocenters. The summed E-state index contributed by atoms with van der Waals surface area (Å²) in [6.07, 6.45) is 9.98. The van der Waals surface area contributed by atoms with Gasteiger partial charge in [0, 0.05) is 4.83 Å². The summed E-state index contributed by atoms with van der Waals surface area (Å²) in [5.41, 5.74) is 2.79. The molecule has 2 rings (SSSR count). The molecule has 1 saturated carbocycles. The van der Waals surface area contributed by atoms with E-state index < -0.39 is 0 Å². The quantitative estimate of drug-likeness (QED) is 0.489. The van der Waals surface area contributed by atoms with Crippen molar-refractivity contribution in [2.45, 2.75) is 56.7 Å². The second-order valence-corrected chi connectivity index (χ2v) is 6.58. The van der Waals surface area contributed by atoms with E-state index in [1.165, 1.54) is 56.1 Å². The number of aryl methyl sites for hydroxylation is 1. The summed E-state index contributed by atoms with van der Waals surface area (Å²) < 4.78 is 0. The maximum absolute atomic E-state index is 3.87. The van der Waals surface area contributed by atoms with Crippen LogP contribution in [-0.2, 0) is 0 Å². The summed E-state index contributed by atoms with van der Waals surface area (Å²) >= 11 is 3.87. The van der Waals surface area contributed by atoms with E-state index in [0.717, 1.165) is 5.92 Å². The van der Waals surface area contributed by atoms with Crippen LogP contribution >= 0.6 is 15.9 Å². The first-order valence-corrected chi connectivity index (χ1v) is 7.88. The Hall–Kier alpha value is -0.300. The molecule has 0 heterocycles. The molecular formula is C16H23Br. The van der Waals surface area contributed by atoms with E-state index >= 15 is 0 Å². The molecule has 1 aromatic carbocycles. The number of rotatable bonds is 3. The minimum Gasteiger partial charge on any atom is -0.0839 e. The lowest BCUT2D eigenvalue weighted by Crippen LogP contribution is -2.03. The van der Waals surface area contributed by atoms with Crippen molar-refractivity contribution in [2.75, 3.05) is 0 Å². The Morgan fingerprint density at radius 1 is 1.06 bits per heavy atom. The smallest absolute Gasteiger partial charge is 0.0397 e. The zero-order valence-electron chi connectivity index (χ0n) is 10.8. The molecule has 17 heavy (non-hydrogen) atoms. The zero-order valence-corrected chi connectivity index (χ0v) is 12.4. The van der Waals surface area contributed by atoms with Crippen LogP contribution in [0.4, 0.5) is 0 Å². The van der Waals surface area contributed by atoms with Crippen LogP contribution in [0.15, 0.2) is 24.3 Å². The van der Waals surface area contributed by atoms with Crippen LogP contribution in [0.3, 0.4) is 0 Å². The summed E-state index contributed by atoms with van der Waals surface area (Å²) in [5, 5.41) is 0. The van der Waals surface area contributed by atoms with Gasteiger partial charge in [0.1, 0.15) is 0 Å². The fraction of sp³-hybridized carbons (Fsp3) is 0.625. The van der Waals surface area contributed by atoms with Gasteiger partial charge in [-0.05, 0) is 24.8 Å². The zero-order chi connectivity index (χ0) is 12.1. The first kappa shape index (κ1) is 13.1. The minimum atomic E-state index is 0.547. The molecule has 0 aliphatic heterocycles. The molecule has 94 valence electrons. The van der Waals surface area contributed by atoms with Gasteiger partial charge in [-0.3, -0.25) is 0 Å². The monoisotopic (exact) mass is 294 g/mol. The van der Waals surface area contributed by atoms with E-state index in [1.54, 1.807) is 0 Å². The van der Waals surface area contributed by atoms with Gasteiger partial charge in [0.05, 0.1) is 0 Å². The third-order valence-corrected chi connectivity index (χ3v) is 4.86. The predicted molar refractivity (Wildman–Crippen MR) is 78.7 cm³/mol. The number of hydrogen-bond donors (Lipinski definition) is 0.